The maximum atomic E-state index is 13.1. The number of rotatable bonds is 4. The van der Waals surface area contributed by atoms with E-state index in [1.54, 1.807) is 11.3 Å². The standard InChI is InChI=1S/C21H31N3O2S/c1-15-22-18(13-27-15)12-23-2-4-24(5-3-23)19(25)11-20-7-16-6-17(8-20)10-21(26,9-16)14-20/h13,16-17,26H,2-12,14H2,1H3/t16-,17+,20?,21?. The molecule has 1 saturated heterocycles. The Kier molecular flexibility index (Phi) is 4.37. The SMILES string of the molecule is Cc1nc(CN2CCN(C(=O)CC34C[C@@H]5C[C@@H](CC(O)(C5)C3)C4)CC2)cs1. The van der Waals surface area contributed by atoms with Crippen LogP contribution in [0, 0.1) is 24.2 Å². The number of carbonyl (C=O) groups excluding carboxylic acids is 1. The van der Waals surface area contributed by atoms with E-state index < -0.39 is 5.60 Å². The first-order chi connectivity index (χ1) is 12.9. The second kappa shape index (κ2) is 6.53. The maximum absolute atomic E-state index is 13.1. The van der Waals surface area contributed by atoms with Crippen molar-refractivity contribution >= 4 is 17.2 Å². The number of aliphatic hydroxyl groups is 1. The van der Waals surface area contributed by atoms with Gasteiger partial charge in [-0.25, -0.2) is 4.98 Å². The summed E-state index contributed by atoms with van der Waals surface area (Å²) in [6, 6.07) is 0. The maximum Gasteiger partial charge on any atom is 0.223 e. The Morgan fingerprint density at radius 2 is 1.93 bits per heavy atom. The lowest BCUT2D eigenvalue weighted by molar-refractivity contribution is -0.172. The van der Waals surface area contributed by atoms with Crippen molar-refractivity contribution in [1.82, 2.24) is 14.8 Å². The lowest BCUT2D eigenvalue weighted by Gasteiger charge is -2.60. The highest BCUT2D eigenvalue weighted by atomic mass is 32.1. The van der Waals surface area contributed by atoms with Crippen molar-refractivity contribution in [2.45, 2.75) is 64.0 Å². The molecule has 1 aromatic heterocycles. The summed E-state index contributed by atoms with van der Waals surface area (Å²) in [5, 5.41) is 14.2. The summed E-state index contributed by atoms with van der Waals surface area (Å²) in [4.78, 5) is 22.1. The number of amides is 1. The molecule has 4 aliphatic carbocycles. The van der Waals surface area contributed by atoms with Crippen molar-refractivity contribution in [2.24, 2.45) is 17.3 Å². The first-order valence-electron chi connectivity index (χ1n) is 10.5. The van der Waals surface area contributed by atoms with E-state index >= 15 is 0 Å². The van der Waals surface area contributed by atoms with Crippen molar-refractivity contribution in [3.8, 4) is 0 Å². The Labute approximate surface area is 165 Å². The quantitative estimate of drug-likeness (QED) is 0.860. The fraction of sp³-hybridized carbons (Fsp3) is 0.810. The van der Waals surface area contributed by atoms with Gasteiger partial charge < -0.3 is 10.0 Å². The van der Waals surface area contributed by atoms with Gasteiger partial charge in [0.2, 0.25) is 5.91 Å². The third kappa shape index (κ3) is 3.56. The number of hydrogen-bond acceptors (Lipinski definition) is 5. The number of thiazole rings is 1. The van der Waals surface area contributed by atoms with Crippen LogP contribution in [0.5, 0.6) is 0 Å². The Morgan fingerprint density at radius 1 is 1.22 bits per heavy atom. The summed E-state index contributed by atoms with van der Waals surface area (Å²) in [6.45, 7) is 6.47. The molecular formula is C21H31N3O2S. The zero-order valence-corrected chi connectivity index (χ0v) is 17.1. The Balaban J connectivity index is 1.17. The number of nitrogens with zero attached hydrogens (tertiary/aromatic N) is 3. The summed E-state index contributed by atoms with van der Waals surface area (Å²) in [6.07, 6.45) is 7.10. The predicted molar refractivity (Wildman–Crippen MR) is 105 cm³/mol. The van der Waals surface area contributed by atoms with E-state index in [0.717, 1.165) is 62.7 Å². The number of aryl methyl sites for hydroxylation is 1. The zero-order chi connectivity index (χ0) is 18.6. The molecule has 5 aliphatic rings. The highest BCUT2D eigenvalue weighted by Crippen LogP contribution is 2.62. The van der Waals surface area contributed by atoms with Gasteiger partial charge in [0.25, 0.3) is 0 Å². The van der Waals surface area contributed by atoms with Gasteiger partial charge in [-0.1, -0.05) is 0 Å². The molecule has 0 aromatic carbocycles. The smallest absolute Gasteiger partial charge is 0.223 e. The molecule has 0 spiro atoms. The molecule has 4 atom stereocenters. The van der Waals surface area contributed by atoms with Gasteiger partial charge in [0.05, 0.1) is 16.3 Å². The summed E-state index contributed by atoms with van der Waals surface area (Å²) in [5.74, 6) is 1.63. The Hall–Kier alpha value is -0.980. The zero-order valence-electron chi connectivity index (χ0n) is 16.3. The first kappa shape index (κ1) is 18.1. The second-order valence-electron chi connectivity index (χ2n) is 9.88. The molecule has 1 amide bonds. The lowest BCUT2D eigenvalue weighted by Crippen LogP contribution is -2.57. The lowest BCUT2D eigenvalue weighted by atomic mass is 9.47. The van der Waals surface area contributed by atoms with Crippen LogP contribution in [0.3, 0.4) is 0 Å². The molecule has 4 bridgehead atoms. The fourth-order valence-electron chi connectivity index (χ4n) is 6.91. The normalized spacial score (nSPS) is 38.5. The molecule has 27 heavy (non-hydrogen) atoms. The molecule has 5 nitrogen and oxygen atoms in total. The van der Waals surface area contributed by atoms with Crippen LogP contribution >= 0.6 is 11.3 Å². The predicted octanol–water partition coefficient (Wildman–Crippen LogP) is 2.82. The number of aromatic nitrogens is 1. The minimum absolute atomic E-state index is 0.0885. The van der Waals surface area contributed by atoms with Gasteiger partial charge in [0.15, 0.2) is 0 Å². The summed E-state index contributed by atoms with van der Waals surface area (Å²) < 4.78 is 0. The molecule has 2 unspecified atom stereocenters. The van der Waals surface area contributed by atoms with E-state index in [9.17, 15) is 9.90 Å². The molecule has 6 heteroatoms. The second-order valence-corrected chi connectivity index (χ2v) is 10.9. The molecule has 2 heterocycles. The minimum Gasteiger partial charge on any atom is -0.390 e. The van der Waals surface area contributed by atoms with E-state index in [1.165, 1.54) is 19.3 Å². The fourth-order valence-corrected chi connectivity index (χ4v) is 7.51. The molecule has 148 valence electrons. The van der Waals surface area contributed by atoms with Crippen LogP contribution in [0.4, 0.5) is 0 Å². The van der Waals surface area contributed by atoms with Gasteiger partial charge in [-0.05, 0) is 62.7 Å². The largest absolute Gasteiger partial charge is 0.390 e. The minimum atomic E-state index is -0.464. The van der Waals surface area contributed by atoms with Crippen LogP contribution < -0.4 is 0 Å². The summed E-state index contributed by atoms with van der Waals surface area (Å²) >= 11 is 1.71. The van der Waals surface area contributed by atoms with Crippen molar-refractivity contribution < 1.29 is 9.90 Å². The van der Waals surface area contributed by atoms with Crippen LogP contribution in [0.15, 0.2) is 5.38 Å². The van der Waals surface area contributed by atoms with E-state index in [0.29, 0.717) is 24.2 Å². The van der Waals surface area contributed by atoms with Crippen LogP contribution in [-0.4, -0.2) is 57.6 Å². The highest BCUT2D eigenvalue weighted by molar-refractivity contribution is 7.09. The van der Waals surface area contributed by atoms with Crippen molar-refractivity contribution in [3.63, 3.8) is 0 Å². The van der Waals surface area contributed by atoms with Crippen molar-refractivity contribution in [3.05, 3.63) is 16.1 Å². The summed E-state index contributed by atoms with van der Waals surface area (Å²) in [5.41, 5.74) is 0.777. The van der Waals surface area contributed by atoms with Gasteiger partial charge >= 0.3 is 0 Å². The molecule has 1 N–H and O–H groups in total. The molecule has 6 rings (SSSR count). The van der Waals surface area contributed by atoms with Crippen LogP contribution in [-0.2, 0) is 11.3 Å². The average Bonchev–Trinajstić information content (AvgIpc) is 2.97. The van der Waals surface area contributed by atoms with E-state index in [4.69, 9.17) is 0 Å². The summed E-state index contributed by atoms with van der Waals surface area (Å²) in [7, 11) is 0. The molecular weight excluding hydrogens is 358 g/mol. The van der Waals surface area contributed by atoms with Crippen molar-refractivity contribution in [1.29, 1.82) is 0 Å². The van der Waals surface area contributed by atoms with Gasteiger partial charge in [-0.2, -0.15) is 0 Å². The molecule has 4 saturated carbocycles. The number of carbonyl (C=O) groups is 1. The van der Waals surface area contributed by atoms with Gasteiger partial charge in [-0.15, -0.1) is 11.3 Å². The Bertz CT molecular complexity index is 711. The molecule has 0 radical (unpaired) electrons. The third-order valence-corrected chi connectivity index (χ3v) is 8.28. The number of piperazine rings is 1. The topological polar surface area (TPSA) is 56.7 Å². The third-order valence-electron chi connectivity index (χ3n) is 7.45. The van der Waals surface area contributed by atoms with Crippen LogP contribution in [0.25, 0.3) is 0 Å². The van der Waals surface area contributed by atoms with Crippen LogP contribution in [0.2, 0.25) is 0 Å². The van der Waals surface area contributed by atoms with Gasteiger partial charge in [0.1, 0.15) is 0 Å². The van der Waals surface area contributed by atoms with Gasteiger partial charge in [0, 0.05) is 44.5 Å². The average molecular weight is 390 g/mol. The van der Waals surface area contributed by atoms with E-state index in [-0.39, 0.29) is 5.41 Å². The number of hydrogen-bond donors (Lipinski definition) is 1. The monoisotopic (exact) mass is 389 g/mol. The van der Waals surface area contributed by atoms with E-state index in [2.05, 4.69) is 20.2 Å². The molecule has 1 aliphatic heterocycles. The van der Waals surface area contributed by atoms with E-state index in [1.807, 2.05) is 6.92 Å². The molecule has 5 fully saturated rings. The Morgan fingerprint density at radius 3 is 2.52 bits per heavy atom. The van der Waals surface area contributed by atoms with Crippen LogP contribution in [0.1, 0.15) is 55.6 Å². The molecule has 1 aromatic rings. The van der Waals surface area contributed by atoms with Crippen molar-refractivity contribution in [2.75, 3.05) is 26.2 Å². The highest BCUT2D eigenvalue weighted by Gasteiger charge is 2.57. The van der Waals surface area contributed by atoms with Gasteiger partial charge in [-0.3, -0.25) is 9.69 Å². The first-order valence-corrected chi connectivity index (χ1v) is 11.4.